The summed E-state index contributed by atoms with van der Waals surface area (Å²) < 4.78 is 35.0. The number of aromatic nitrogens is 2. The number of sulfonamides is 1. The number of phenols is 1. The van der Waals surface area contributed by atoms with Gasteiger partial charge in [-0.05, 0) is 60.4 Å². The smallest absolute Gasteiger partial charge is 0.243 e. The van der Waals surface area contributed by atoms with Gasteiger partial charge in [-0.15, -0.1) is 0 Å². The summed E-state index contributed by atoms with van der Waals surface area (Å²) in [7, 11) is -1.64. The van der Waals surface area contributed by atoms with E-state index in [2.05, 4.69) is 4.98 Å². The molecule has 36 heavy (non-hydrogen) atoms. The average molecular weight is 502 g/mol. The van der Waals surface area contributed by atoms with Crippen molar-refractivity contribution in [3.8, 4) is 22.6 Å². The molecular weight excluding hydrogens is 478 g/mol. The lowest BCUT2D eigenvalue weighted by atomic mass is 10.0. The van der Waals surface area contributed by atoms with Crippen LogP contribution in [0.5, 0.6) is 11.5 Å². The summed E-state index contributed by atoms with van der Waals surface area (Å²) in [5.74, 6) is -0.0762. The molecule has 4 heterocycles. The van der Waals surface area contributed by atoms with Crippen molar-refractivity contribution in [2.24, 2.45) is 7.05 Å². The second kappa shape index (κ2) is 8.32. The van der Waals surface area contributed by atoms with Gasteiger partial charge < -0.3 is 14.4 Å². The van der Waals surface area contributed by atoms with E-state index in [-0.39, 0.29) is 27.8 Å². The summed E-state index contributed by atoms with van der Waals surface area (Å²) in [5.41, 5.74) is 3.26. The second-order valence-corrected chi connectivity index (χ2v) is 10.9. The molecular formula is C27H23N3O5S. The van der Waals surface area contributed by atoms with Crippen LogP contribution in [0.15, 0.2) is 71.6 Å². The normalized spacial score (nSPS) is 17.1. The Hall–Kier alpha value is -3.95. The quantitative estimate of drug-likeness (QED) is 0.417. The third-order valence-corrected chi connectivity index (χ3v) is 8.63. The Kier molecular flexibility index (Phi) is 5.20. The molecule has 0 atom stereocenters. The highest BCUT2D eigenvalue weighted by molar-refractivity contribution is 7.89. The molecule has 0 radical (unpaired) electrons. The van der Waals surface area contributed by atoms with Crippen molar-refractivity contribution in [1.29, 1.82) is 0 Å². The third-order valence-electron chi connectivity index (χ3n) is 6.72. The fourth-order valence-electron chi connectivity index (χ4n) is 4.93. The van der Waals surface area contributed by atoms with Gasteiger partial charge in [0.05, 0.1) is 4.90 Å². The Bertz CT molecular complexity index is 1660. The Morgan fingerprint density at radius 2 is 1.81 bits per heavy atom. The number of Topliss-reactive ketones (excluding diaryl/α,β-unsaturated/α-hetero) is 1. The van der Waals surface area contributed by atoms with E-state index in [1.165, 1.54) is 10.4 Å². The Balaban J connectivity index is 1.42. The highest BCUT2D eigenvalue weighted by Crippen LogP contribution is 2.39. The lowest BCUT2D eigenvalue weighted by Crippen LogP contribution is -2.27. The summed E-state index contributed by atoms with van der Waals surface area (Å²) in [4.78, 5) is 17.7. The van der Waals surface area contributed by atoms with Crippen LogP contribution in [0.4, 0.5) is 0 Å². The van der Waals surface area contributed by atoms with Crippen molar-refractivity contribution in [3.63, 3.8) is 0 Å². The molecule has 0 spiro atoms. The van der Waals surface area contributed by atoms with Crippen molar-refractivity contribution < 1.29 is 23.1 Å². The SMILES string of the molecule is Cn1cc(/C=C2\Oc3cccc(O)c3C2=O)c2c(-c3ccc(S(=O)(=O)N4CCCC4)cc3)ccnc21. The summed E-state index contributed by atoms with van der Waals surface area (Å²) in [6.45, 7) is 1.11. The molecule has 0 saturated carbocycles. The van der Waals surface area contributed by atoms with Gasteiger partial charge in [-0.3, -0.25) is 4.79 Å². The molecule has 9 heteroatoms. The van der Waals surface area contributed by atoms with E-state index in [9.17, 15) is 18.3 Å². The molecule has 0 aliphatic carbocycles. The van der Waals surface area contributed by atoms with Gasteiger partial charge in [0.2, 0.25) is 15.8 Å². The van der Waals surface area contributed by atoms with E-state index in [4.69, 9.17) is 4.74 Å². The van der Waals surface area contributed by atoms with Crippen LogP contribution >= 0.6 is 0 Å². The first kappa shape index (κ1) is 22.5. The fourth-order valence-corrected chi connectivity index (χ4v) is 6.45. The predicted molar refractivity (Wildman–Crippen MR) is 135 cm³/mol. The first-order chi connectivity index (χ1) is 17.3. The number of pyridine rings is 1. The second-order valence-electron chi connectivity index (χ2n) is 8.98. The monoisotopic (exact) mass is 501 g/mol. The van der Waals surface area contributed by atoms with E-state index >= 15 is 0 Å². The van der Waals surface area contributed by atoms with Gasteiger partial charge >= 0.3 is 0 Å². The molecule has 0 unspecified atom stereocenters. The average Bonchev–Trinajstić information content (AvgIpc) is 3.60. The molecule has 6 rings (SSSR count). The first-order valence-electron chi connectivity index (χ1n) is 11.7. The molecule has 2 aliphatic heterocycles. The zero-order chi connectivity index (χ0) is 25.0. The molecule has 182 valence electrons. The number of hydrogen-bond acceptors (Lipinski definition) is 6. The van der Waals surface area contributed by atoms with E-state index in [1.54, 1.807) is 48.7 Å². The van der Waals surface area contributed by atoms with Crippen molar-refractivity contribution in [2.75, 3.05) is 13.1 Å². The number of fused-ring (bicyclic) bond motifs is 2. The standard InChI is InChI=1S/C27H23N3O5S/c1-29-16-18(15-23-26(32)25-21(31)5-4-6-22(25)35-23)24-20(11-12-28-27(24)29)17-7-9-19(10-8-17)36(33,34)30-13-2-3-14-30/h4-12,15-16,31H,2-3,13-14H2,1H3/b23-15-. The van der Waals surface area contributed by atoms with Crippen LogP contribution in [0.1, 0.15) is 28.8 Å². The van der Waals surface area contributed by atoms with E-state index in [0.717, 1.165) is 34.9 Å². The van der Waals surface area contributed by atoms with Gasteiger partial charge in [-0.1, -0.05) is 18.2 Å². The van der Waals surface area contributed by atoms with Gasteiger partial charge in [-0.2, -0.15) is 4.31 Å². The number of aromatic hydroxyl groups is 1. The van der Waals surface area contributed by atoms with Crippen LogP contribution in [0, 0.1) is 0 Å². The number of ketones is 1. The maximum Gasteiger partial charge on any atom is 0.243 e. The van der Waals surface area contributed by atoms with E-state index in [1.807, 2.05) is 23.9 Å². The van der Waals surface area contributed by atoms with Crippen LogP contribution < -0.4 is 4.74 Å². The van der Waals surface area contributed by atoms with Crippen LogP contribution in [0.25, 0.3) is 28.2 Å². The van der Waals surface area contributed by atoms with Crippen LogP contribution in [0.2, 0.25) is 0 Å². The Labute approximate surface area is 208 Å². The van der Waals surface area contributed by atoms with Crippen molar-refractivity contribution in [1.82, 2.24) is 13.9 Å². The predicted octanol–water partition coefficient (Wildman–Crippen LogP) is 4.35. The van der Waals surface area contributed by atoms with E-state index in [0.29, 0.717) is 24.5 Å². The molecule has 2 aliphatic rings. The van der Waals surface area contributed by atoms with Gasteiger partial charge in [0.15, 0.2) is 5.76 Å². The Morgan fingerprint density at radius 3 is 2.53 bits per heavy atom. The number of benzene rings is 2. The van der Waals surface area contributed by atoms with Crippen molar-refractivity contribution in [3.05, 3.63) is 77.8 Å². The molecule has 2 aromatic heterocycles. The molecule has 2 aromatic carbocycles. The van der Waals surface area contributed by atoms with E-state index < -0.39 is 10.0 Å². The minimum Gasteiger partial charge on any atom is -0.507 e. The molecule has 4 aromatic rings. The number of phenolic OH excluding ortho intramolecular Hbond substituents is 1. The number of aryl methyl sites for hydroxylation is 1. The van der Waals surface area contributed by atoms with Gasteiger partial charge in [0.25, 0.3) is 0 Å². The van der Waals surface area contributed by atoms with Gasteiger partial charge in [-0.25, -0.2) is 13.4 Å². The zero-order valence-electron chi connectivity index (χ0n) is 19.5. The summed E-state index contributed by atoms with van der Waals surface area (Å²) in [5, 5.41) is 10.9. The third kappa shape index (κ3) is 3.51. The van der Waals surface area contributed by atoms with Crippen LogP contribution in [-0.2, 0) is 17.1 Å². The minimum absolute atomic E-state index is 0.112. The summed E-state index contributed by atoms with van der Waals surface area (Å²) >= 11 is 0. The van der Waals surface area contributed by atoms with Crippen molar-refractivity contribution >= 4 is 32.9 Å². The molecule has 0 bridgehead atoms. The summed E-state index contributed by atoms with van der Waals surface area (Å²) in [6, 6.07) is 13.5. The van der Waals surface area contributed by atoms with Gasteiger partial charge in [0.1, 0.15) is 22.7 Å². The number of hydrogen-bond donors (Lipinski definition) is 1. The number of allylic oxidation sites excluding steroid dienone is 1. The number of carbonyl (C=O) groups is 1. The van der Waals surface area contributed by atoms with Crippen molar-refractivity contribution in [2.45, 2.75) is 17.7 Å². The highest BCUT2D eigenvalue weighted by atomic mass is 32.2. The first-order valence-corrected chi connectivity index (χ1v) is 13.1. The topological polar surface area (TPSA) is 102 Å². The minimum atomic E-state index is -3.50. The number of nitrogens with zero attached hydrogens (tertiary/aromatic N) is 3. The number of rotatable bonds is 4. The maximum absolute atomic E-state index is 12.9. The number of ether oxygens (including phenoxy) is 1. The summed E-state index contributed by atoms with van der Waals surface area (Å²) in [6.07, 6.45) is 6.99. The van der Waals surface area contributed by atoms with Crippen LogP contribution in [0.3, 0.4) is 0 Å². The number of carbonyl (C=O) groups excluding carboxylic acids is 1. The molecule has 1 fully saturated rings. The van der Waals surface area contributed by atoms with Gasteiger partial charge in [0, 0.05) is 43.5 Å². The molecule has 1 saturated heterocycles. The highest BCUT2D eigenvalue weighted by Gasteiger charge is 2.31. The fraction of sp³-hybridized carbons (Fsp3) is 0.185. The molecule has 8 nitrogen and oxygen atoms in total. The Morgan fingerprint density at radius 1 is 1.06 bits per heavy atom. The maximum atomic E-state index is 12.9. The zero-order valence-corrected chi connectivity index (χ0v) is 20.3. The lowest BCUT2D eigenvalue weighted by molar-refractivity contribution is 0.101. The van der Waals surface area contributed by atoms with Crippen LogP contribution in [-0.4, -0.2) is 46.3 Å². The lowest BCUT2D eigenvalue weighted by Gasteiger charge is -2.15. The molecule has 1 N–H and O–H groups in total. The largest absolute Gasteiger partial charge is 0.507 e. The molecule has 0 amide bonds.